The summed E-state index contributed by atoms with van der Waals surface area (Å²) < 4.78 is 10.5. The molecule has 2 N–H and O–H groups in total. The molecule has 9 heteroatoms. The minimum absolute atomic E-state index is 0.221. The number of ether oxygens (including phenoxy) is 2. The number of carbonyl (C=O) groups excluding carboxylic acids is 2. The van der Waals surface area contributed by atoms with Gasteiger partial charge < -0.3 is 20.1 Å². The maximum atomic E-state index is 12.8. The minimum Gasteiger partial charge on any atom is -0.493 e. The first-order valence-corrected chi connectivity index (χ1v) is 10.8. The van der Waals surface area contributed by atoms with E-state index in [1.165, 1.54) is 26.4 Å². The SMILES string of the molecule is COc1ccc(NC(=O)C(CCSC)NC(=O)c2ccc(Cl)cc2Cl)cc1OC. The lowest BCUT2D eigenvalue weighted by atomic mass is 10.1. The highest BCUT2D eigenvalue weighted by Gasteiger charge is 2.23. The van der Waals surface area contributed by atoms with Crippen LogP contribution in [-0.2, 0) is 4.79 Å². The smallest absolute Gasteiger partial charge is 0.253 e. The Hall–Kier alpha value is -2.09. The van der Waals surface area contributed by atoms with Crippen molar-refractivity contribution in [2.75, 3.05) is 31.5 Å². The molecule has 0 aliphatic heterocycles. The monoisotopic (exact) mass is 456 g/mol. The normalized spacial score (nSPS) is 11.5. The first kappa shape index (κ1) is 23.2. The Kier molecular flexibility index (Phi) is 8.95. The van der Waals surface area contributed by atoms with Crippen molar-refractivity contribution in [3.63, 3.8) is 0 Å². The summed E-state index contributed by atoms with van der Waals surface area (Å²) in [5, 5.41) is 6.21. The molecule has 2 rings (SSSR count). The highest BCUT2D eigenvalue weighted by molar-refractivity contribution is 7.98. The van der Waals surface area contributed by atoms with Crippen molar-refractivity contribution in [1.29, 1.82) is 0 Å². The molecule has 1 atom stereocenters. The second-order valence-electron chi connectivity index (χ2n) is 5.99. The molecule has 1 unspecified atom stereocenters. The average molecular weight is 457 g/mol. The van der Waals surface area contributed by atoms with Crippen LogP contribution in [-0.4, -0.2) is 44.1 Å². The quantitative estimate of drug-likeness (QED) is 0.580. The number of methoxy groups -OCH3 is 2. The topological polar surface area (TPSA) is 76.7 Å². The lowest BCUT2D eigenvalue weighted by Gasteiger charge is -2.19. The Labute approximate surface area is 184 Å². The predicted octanol–water partition coefficient (Wildman–Crippen LogP) is 4.50. The van der Waals surface area contributed by atoms with E-state index < -0.39 is 11.9 Å². The number of thioether (sulfide) groups is 1. The molecule has 0 saturated carbocycles. The van der Waals surface area contributed by atoms with Crippen LogP contribution < -0.4 is 20.1 Å². The lowest BCUT2D eigenvalue weighted by molar-refractivity contribution is -0.118. The van der Waals surface area contributed by atoms with E-state index in [0.717, 1.165) is 0 Å². The highest BCUT2D eigenvalue weighted by atomic mass is 35.5. The van der Waals surface area contributed by atoms with Crippen LogP contribution in [0.1, 0.15) is 16.8 Å². The van der Waals surface area contributed by atoms with Crippen LogP contribution in [0.3, 0.4) is 0 Å². The van der Waals surface area contributed by atoms with Gasteiger partial charge in [0, 0.05) is 16.8 Å². The molecule has 2 aromatic rings. The molecule has 0 saturated heterocycles. The van der Waals surface area contributed by atoms with E-state index in [-0.39, 0.29) is 16.5 Å². The molecule has 0 spiro atoms. The summed E-state index contributed by atoms with van der Waals surface area (Å²) in [5.41, 5.74) is 0.782. The molecule has 0 aromatic heterocycles. The van der Waals surface area contributed by atoms with Crippen molar-refractivity contribution in [3.05, 3.63) is 52.0 Å². The largest absolute Gasteiger partial charge is 0.493 e. The number of nitrogens with one attached hydrogen (secondary N) is 2. The molecule has 0 aliphatic carbocycles. The number of benzene rings is 2. The van der Waals surface area contributed by atoms with Crippen molar-refractivity contribution in [3.8, 4) is 11.5 Å². The Morgan fingerprint density at radius 3 is 2.41 bits per heavy atom. The number of hydrogen-bond donors (Lipinski definition) is 2. The van der Waals surface area contributed by atoms with E-state index in [9.17, 15) is 9.59 Å². The molecular formula is C20H22Cl2N2O4S. The first-order chi connectivity index (χ1) is 13.9. The highest BCUT2D eigenvalue weighted by Crippen LogP contribution is 2.30. The molecule has 0 heterocycles. The van der Waals surface area contributed by atoms with Gasteiger partial charge in [-0.15, -0.1) is 0 Å². The second kappa shape index (κ2) is 11.2. The van der Waals surface area contributed by atoms with Crippen molar-refractivity contribution in [2.24, 2.45) is 0 Å². The fourth-order valence-corrected chi connectivity index (χ4v) is 3.52. The van der Waals surface area contributed by atoms with Gasteiger partial charge in [0.2, 0.25) is 5.91 Å². The number of rotatable bonds is 9. The summed E-state index contributed by atoms with van der Waals surface area (Å²) in [6.45, 7) is 0. The van der Waals surface area contributed by atoms with E-state index >= 15 is 0 Å². The summed E-state index contributed by atoms with van der Waals surface area (Å²) >= 11 is 13.6. The minimum atomic E-state index is -0.741. The third-order valence-corrected chi connectivity index (χ3v) is 5.25. The number of hydrogen-bond acceptors (Lipinski definition) is 5. The molecule has 0 bridgehead atoms. The Morgan fingerprint density at radius 1 is 1.07 bits per heavy atom. The Bertz CT molecular complexity index is 880. The van der Waals surface area contributed by atoms with E-state index in [2.05, 4.69) is 10.6 Å². The number of amides is 2. The van der Waals surface area contributed by atoms with Crippen LogP contribution in [0.2, 0.25) is 10.0 Å². The molecule has 6 nitrogen and oxygen atoms in total. The summed E-state index contributed by atoms with van der Waals surface area (Å²) in [5.74, 6) is 0.946. The maximum absolute atomic E-state index is 12.8. The van der Waals surface area contributed by atoms with Gasteiger partial charge in [-0.05, 0) is 48.8 Å². The standard InChI is InChI=1S/C20H22Cl2N2O4S/c1-27-17-7-5-13(11-18(17)28-2)23-20(26)16(8-9-29-3)24-19(25)14-6-4-12(21)10-15(14)22/h4-7,10-11,16H,8-9H2,1-3H3,(H,23,26)(H,24,25). The fraction of sp³-hybridized carbons (Fsp3) is 0.300. The van der Waals surface area contributed by atoms with Crippen LogP contribution in [0.25, 0.3) is 0 Å². The maximum Gasteiger partial charge on any atom is 0.253 e. The zero-order valence-electron chi connectivity index (χ0n) is 16.3. The average Bonchev–Trinajstić information content (AvgIpc) is 2.70. The van der Waals surface area contributed by atoms with Gasteiger partial charge in [-0.3, -0.25) is 9.59 Å². The molecule has 0 radical (unpaired) electrons. The van der Waals surface area contributed by atoms with E-state index in [0.29, 0.717) is 34.4 Å². The van der Waals surface area contributed by atoms with Gasteiger partial charge in [0.25, 0.3) is 5.91 Å². The van der Waals surface area contributed by atoms with E-state index in [4.69, 9.17) is 32.7 Å². The van der Waals surface area contributed by atoms with Gasteiger partial charge in [0.05, 0.1) is 24.8 Å². The van der Waals surface area contributed by atoms with Crippen LogP contribution in [0.4, 0.5) is 5.69 Å². The molecule has 2 aromatic carbocycles. The zero-order chi connectivity index (χ0) is 21.4. The molecule has 156 valence electrons. The first-order valence-electron chi connectivity index (χ1n) is 8.67. The molecule has 0 fully saturated rings. The van der Waals surface area contributed by atoms with Gasteiger partial charge in [-0.2, -0.15) is 11.8 Å². The third kappa shape index (κ3) is 6.45. The number of anilines is 1. The molecule has 0 aliphatic rings. The summed E-state index contributed by atoms with van der Waals surface area (Å²) in [6, 6.07) is 8.88. The zero-order valence-corrected chi connectivity index (χ0v) is 18.6. The van der Waals surface area contributed by atoms with Crippen LogP contribution in [0.15, 0.2) is 36.4 Å². The van der Waals surface area contributed by atoms with Crippen molar-refractivity contribution in [1.82, 2.24) is 5.32 Å². The van der Waals surface area contributed by atoms with Crippen LogP contribution in [0, 0.1) is 0 Å². The van der Waals surface area contributed by atoms with Crippen LogP contribution in [0.5, 0.6) is 11.5 Å². The molecule has 2 amide bonds. The van der Waals surface area contributed by atoms with Gasteiger partial charge in [-0.1, -0.05) is 23.2 Å². The summed E-state index contributed by atoms with van der Waals surface area (Å²) in [6.07, 6.45) is 2.39. The van der Waals surface area contributed by atoms with Crippen molar-refractivity contribution in [2.45, 2.75) is 12.5 Å². The lowest BCUT2D eigenvalue weighted by Crippen LogP contribution is -2.44. The Balaban J connectivity index is 2.16. The van der Waals surface area contributed by atoms with E-state index in [1.54, 1.807) is 36.0 Å². The van der Waals surface area contributed by atoms with E-state index in [1.807, 2.05) is 6.26 Å². The number of halogens is 2. The van der Waals surface area contributed by atoms with Gasteiger partial charge in [0.1, 0.15) is 6.04 Å². The van der Waals surface area contributed by atoms with Gasteiger partial charge in [-0.25, -0.2) is 0 Å². The van der Waals surface area contributed by atoms with Crippen LogP contribution >= 0.6 is 35.0 Å². The second-order valence-corrected chi connectivity index (χ2v) is 7.82. The summed E-state index contributed by atoms with van der Waals surface area (Å²) in [7, 11) is 3.05. The predicted molar refractivity (Wildman–Crippen MR) is 119 cm³/mol. The third-order valence-electron chi connectivity index (χ3n) is 4.06. The molecular weight excluding hydrogens is 435 g/mol. The van der Waals surface area contributed by atoms with Crippen molar-refractivity contribution >= 4 is 52.5 Å². The molecule has 29 heavy (non-hydrogen) atoms. The fourth-order valence-electron chi connectivity index (χ4n) is 2.56. The van der Waals surface area contributed by atoms with Crippen molar-refractivity contribution < 1.29 is 19.1 Å². The summed E-state index contributed by atoms with van der Waals surface area (Å²) in [4.78, 5) is 25.4. The van der Waals surface area contributed by atoms with Gasteiger partial charge >= 0.3 is 0 Å². The van der Waals surface area contributed by atoms with Gasteiger partial charge in [0.15, 0.2) is 11.5 Å². The Morgan fingerprint density at radius 2 is 1.79 bits per heavy atom. The number of carbonyl (C=O) groups is 2.